The van der Waals surface area contributed by atoms with Crippen LogP contribution in [0.2, 0.25) is 5.02 Å². The molecule has 0 fully saturated rings. The highest BCUT2D eigenvalue weighted by Crippen LogP contribution is 2.30. The van der Waals surface area contributed by atoms with Crippen LogP contribution >= 0.6 is 11.6 Å². The second kappa shape index (κ2) is 4.74. The number of aromatic nitrogens is 2. The van der Waals surface area contributed by atoms with Crippen LogP contribution in [0.25, 0.3) is 11.0 Å². The zero-order valence-corrected chi connectivity index (χ0v) is 10.6. The Morgan fingerprint density at radius 3 is 2.68 bits per heavy atom. The van der Waals surface area contributed by atoms with Gasteiger partial charge in [0.1, 0.15) is 5.75 Å². The summed E-state index contributed by atoms with van der Waals surface area (Å²) >= 11 is 6.04. The average molecular weight is 272 g/mol. The molecular formula is C14H10ClN3O. The Hall–Kier alpha value is -2.33. The van der Waals surface area contributed by atoms with E-state index in [4.69, 9.17) is 22.1 Å². The van der Waals surface area contributed by atoms with Gasteiger partial charge in [-0.25, -0.2) is 9.97 Å². The lowest BCUT2D eigenvalue weighted by molar-refractivity contribution is 0.463. The summed E-state index contributed by atoms with van der Waals surface area (Å²) in [6, 6.07) is 12.6. The van der Waals surface area contributed by atoms with Crippen molar-refractivity contribution in [1.29, 1.82) is 0 Å². The van der Waals surface area contributed by atoms with E-state index in [0.717, 1.165) is 11.0 Å². The van der Waals surface area contributed by atoms with Gasteiger partial charge in [-0.05, 0) is 24.3 Å². The van der Waals surface area contributed by atoms with Gasteiger partial charge in [0.2, 0.25) is 5.88 Å². The number of hydrogen-bond donors (Lipinski definition) is 1. The van der Waals surface area contributed by atoms with Crippen LogP contribution in [0.4, 0.5) is 5.69 Å². The quantitative estimate of drug-likeness (QED) is 0.723. The molecule has 0 radical (unpaired) electrons. The molecule has 2 aromatic carbocycles. The summed E-state index contributed by atoms with van der Waals surface area (Å²) in [5.41, 5.74) is 7.85. The highest BCUT2D eigenvalue weighted by Gasteiger charge is 2.06. The molecule has 0 aliphatic rings. The van der Waals surface area contributed by atoms with Crippen LogP contribution in [-0.2, 0) is 0 Å². The van der Waals surface area contributed by atoms with Crippen molar-refractivity contribution in [2.24, 2.45) is 0 Å². The van der Waals surface area contributed by atoms with Gasteiger partial charge >= 0.3 is 0 Å². The number of nitrogen functional groups attached to an aromatic ring is 1. The first-order valence-corrected chi connectivity index (χ1v) is 6.05. The fraction of sp³-hybridized carbons (Fsp3) is 0. The van der Waals surface area contributed by atoms with Crippen molar-refractivity contribution in [3.63, 3.8) is 0 Å². The Labute approximate surface area is 114 Å². The molecule has 0 atom stereocenters. The maximum absolute atomic E-state index is 6.04. The van der Waals surface area contributed by atoms with E-state index in [2.05, 4.69) is 9.97 Å². The summed E-state index contributed by atoms with van der Waals surface area (Å²) in [6.07, 6.45) is 1.56. The second-order valence-corrected chi connectivity index (χ2v) is 4.40. The summed E-state index contributed by atoms with van der Waals surface area (Å²) in [4.78, 5) is 8.62. The van der Waals surface area contributed by atoms with Crippen LogP contribution in [-0.4, -0.2) is 9.97 Å². The third kappa shape index (κ3) is 2.44. The molecule has 3 aromatic rings. The smallest absolute Gasteiger partial charge is 0.238 e. The van der Waals surface area contributed by atoms with E-state index < -0.39 is 0 Å². The van der Waals surface area contributed by atoms with E-state index in [1.807, 2.05) is 24.3 Å². The average Bonchev–Trinajstić information content (AvgIpc) is 2.43. The third-order valence-corrected chi connectivity index (χ3v) is 2.91. The van der Waals surface area contributed by atoms with E-state index in [9.17, 15) is 0 Å². The van der Waals surface area contributed by atoms with Gasteiger partial charge in [0.25, 0.3) is 0 Å². The molecule has 0 aliphatic heterocycles. The maximum Gasteiger partial charge on any atom is 0.238 e. The molecular weight excluding hydrogens is 262 g/mol. The number of ether oxygens (including phenoxy) is 1. The largest absolute Gasteiger partial charge is 0.436 e. The molecule has 5 heteroatoms. The van der Waals surface area contributed by atoms with Gasteiger partial charge in [-0.15, -0.1) is 0 Å². The number of anilines is 1. The highest BCUT2D eigenvalue weighted by atomic mass is 35.5. The van der Waals surface area contributed by atoms with Crippen molar-refractivity contribution >= 4 is 28.3 Å². The van der Waals surface area contributed by atoms with Gasteiger partial charge in [-0.1, -0.05) is 23.7 Å². The minimum Gasteiger partial charge on any atom is -0.436 e. The van der Waals surface area contributed by atoms with Gasteiger partial charge < -0.3 is 10.5 Å². The fourth-order valence-electron chi connectivity index (χ4n) is 1.70. The maximum atomic E-state index is 6.04. The minimum absolute atomic E-state index is 0.381. The second-order valence-electron chi connectivity index (χ2n) is 3.99. The van der Waals surface area contributed by atoms with Crippen LogP contribution < -0.4 is 10.5 Å². The van der Waals surface area contributed by atoms with Crippen molar-refractivity contribution in [2.45, 2.75) is 0 Å². The molecule has 1 aromatic heterocycles. The first-order chi connectivity index (χ1) is 9.22. The molecule has 0 aliphatic carbocycles. The van der Waals surface area contributed by atoms with E-state index >= 15 is 0 Å². The summed E-state index contributed by atoms with van der Waals surface area (Å²) < 4.78 is 5.61. The molecule has 94 valence electrons. The number of benzene rings is 2. The Bertz CT molecular complexity index is 746. The number of hydrogen-bond acceptors (Lipinski definition) is 4. The Morgan fingerprint density at radius 2 is 1.84 bits per heavy atom. The fourth-order valence-corrected chi connectivity index (χ4v) is 1.86. The standard InChI is InChI=1S/C14H10ClN3O/c15-10-6-5-9(16)7-13(10)19-14-8-17-11-3-1-2-4-12(11)18-14/h1-8H,16H2. The summed E-state index contributed by atoms with van der Waals surface area (Å²) in [5, 5.41) is 0.476. The molecule has 0 saturated heterocycles. The number of halogens is 1. The van der Waals surface area contributed by atoms with Crippen LogP contribution in [0.15, 0.2) is 48.7 Å². The molecule has 3 rings (SSSR count). The van der Waals surface area contributed by atoms with E-state index in [0.29, 0.717) is 22.3 Å². The number of nitrogens with zero attached hydrogens (tertiary/aromatic N) is 2. The van der Waals surface area contributed by atoms with Crippen molar-refractivity contribution in [3.8, 4) is 11.6 Å². The predicted octanol–water partition coefficient (Wildman–Crippen LogP) is 3.66. The van der Waals surface area contributed by atoms with Gasteiger partial charge in [0.05, 0.1) is 22.3 Å². The van der Waals surface area contributed by atoms with Crippen molar-refractivity contribution in [3.05, 3.63) is 53.7 Å². The number of para-hydroxylation sites is 2. The first kappa shape index (κ1) is 11.7. The minimum atomic E-state index is 0.381. The van der Waals surface area contributed by atoms with E-state index in [-0.39, 0.29) is 0 Å². The zero-order valence-electron chi connectivity index (χ0n) is 9.88. The topological polar surface area (TPSA) is 61.0 Å². The molecule has 19 heavy (non-hydrogen) atoms. The molecule has 0 unspecified atom stereocenters. The van der Waals surface area contributed by atoms with Crippen molar-refractivity contribution in [1.82, 2.24) is 9.97 Å². The lowest BCUT2D eigenvalue weighted by Gasteiger charge is -2.07. The first-order valence-electron chi connectivity index (χ1n) is 5.67. The monoisotopic (exact) mass is 271 g/mol. The van der Waals surface area contributed by atoms with E-state index in [1.165, 1.54) is 0 Å². The van der Waals surface area contributed by atoms with E-state index in [1.54, 1.807) is 24.4 Å². The van der Waals surface area contributed by atoms with Crippen LogP contribution in [0.5, 0.6) is 11.6 Å². The lowest BCUT2D eigenvalue weighted by Crippen LogP contribution is -1.93. The molecule has 2 N–H and O–H groups in total. The molecule has 0 bridgehead atoms. The van der Waals surface area contributed by atoms with Gasteiger partial charge in [0, 0.05) is 11.8 Å². The predicted molar refractivity (Wildman–Crippen MR) is 75.5 cm³/mol. The summed E-state index contributed by atoms with van der Waals surface area (Å²) in [7, 11) is 0. The molecule has 4 nitrogen and oxygen atoms in total. The molecule has 0 saturated carbocycles. The lowest BCUT2D eigenvalue weighted by atomic mass is 10.3. The third-order valence-electron chi connectivity index (χ3n) is 2.60. The molecule has 0 amide bonds. The highest BCUT2D eigenvalue weighted by molar-refractivity contribution is 6.32. The number of fused-ring (bicyclic) bond motifs is 1. The Kier molecular flexibility index (Phi) is 2.93. The Morgan fingerprint density at radius 1 is 1.05 bits per heavy atom. The van der Waals surface area contributed by atoms with Gasteiger partial charge in [0.15, 0.2) is 0 Å². The SMILES string of the molecule is Nc1ccc(Cl)c(Oc2cnc3ccccc3n2)c1. The van der Waals surface area contributed by atoms with Crippen molar-refractivity contribution < 1.29 is 4.74 Å². The Balaban J connectivity index is 1.98. The molecule has 0 spiro atoms. The van der Waals surface area contributed by atoms with Crippen LogP contribution in [0.3, 0.4) is 0 Å². The molecule has 1 heterocycles. The van der Waals surface area contributed by atoms with Gasteiger partial charge in [-0.3, -0.25) is 0 Å². The van der Waals surface area contributed by atoms with Crippen molar-refractivity contribution in [2.75, 3.05) is 5.73 Å². The van der Waals surface area contributed by atoms with Gasteiger partial charge in [-0.2, -0.15) is 0 Å². The summed E-state index contributed by atoms with van der Waals surface area (Å²) in [6.45, 7) is 0. The number of rotatable bonds is 2. The number of nitrogens with two attached hydrogens (primary N) is 1. The normalized spacial score (nSPS) is 10.6. The summed E-state index contributed by atoms with van der Waals surface area (Å²) in [5.74, 6) is 0.845. The van der Waals surface area contributed by atoms with Crippen LogP contribution in [0.1, 0.15) is 0 Å². The van der Waals surface area contributed by atoms with Crippen LogP contribution in [0, 0.1) is 0 Å². The zero-order chi connectivity index (χ0) is 13.2.